The van der Waals surface area contributed by atoms with Crippen LogP contribution in [0.2, 0.25) is 0 Å². The second-order valence-electron chi connectivity index (χ2n) is 8.70. The number of halogens is 1. The van der Waals surface area contributed by atoms with Gasteiger partial charge in [-0.25, -0.2) is 4.79 Å². The number of hydrogen-bond acceptors (Lipinski definition) is 3. The van der Waals surface area contributed by atoms with Crippen LogP contribution < -0.4 is 5.63 Å². The van der Waals surface area contributed by atoms with Crippen LogP contribution in [0.25, 0.3) is 43.5 Å². The number of likely N-dealkylation sites (tertiary alicyclic amines) is 1. The van der Waals surface area contributed by atoms with Gasteiger partial charge in [0.05, 0.1) is 16.4 Å². The maximum Gasteiger partial charge on any atom is 0.344 e. The molecule has 32 heavy (non-hydrogen) atoms. The molecule has 0 unspecified atom stereocenters. The molecule has 1 fully saturated rings. The molecule has 5 aromatic rings. The summed E-state index contributed by atoms with van der Waals surface area (Å²) in [6.45, 7) is 4.45. The largest absolute Gasteiger partial charge is 0.420 e. The molecule has 0 saturated carbocycles. The van der Waals surface area contributed by atoms with Crippen molar-refractivity contribution in [2.24, 2.45) is 0 Å². The van der Waals surface area contributed by atoms with Crippen molar-refractivity contribution in [3.05, 3.63) is 71.1 Å². The molecule has 0 radical (unpaired) electrons. The Kier molecular flexibility index (Phi) is 5.66. The van der Waals surface area contributed by atoms with Crippen LogP contribution in [0.5, 0.6) is 0 Å². The minimum Gasteiger partial charge on any atom is -0.420 e. The molecule has 0 spiro atoms. The summed E-state index contributed by atoms with van der Waals surface area (Å²) in [5.74, 6) is 0. The van der Waals surface area contributed by atoms with Gasteiger partial charge in [-0.05, 0) is 56.4 Å². The molecule has 0 atom stereocenters. The Bertz CT molecular complexity index is 1480. The molecule has 2 aromatic heterocycles. The van der Waals surface area contributed by atoms with Crippen LogP contribution in [0.1, 0.15) is 25.7 Å². The van der Waals surface area contributed by atoms with Crippen molar-refractivity contribution in [3.8, 4) is 0 Å². The van der Waals surface area contributed by atoms with E-state index in [-0.39, 0.29) is 18.0 Å². The van der Waals surface area contributed by atoms with E-state index in [0.717, 1.165) is 35.8 Å². The molecule has 5 heteroatoms. The first-order valence-corrected chi connectivity index (χ1v) is 11.4. The van der Waals surface area contributed by atoms with Gasteiger partial charge in [-0.15, -0.1) is 12.4 Å². The SMILES string of the molecule is Cl.O=c1oc2c3ccc4ccccc4c3n(CCCN3CCCCC3)c2c2ccccc12. The zero-order valence-electron chi connectivity index (χ0n) is 18.0. The molecule has 0 amide bonds. The third-order valence-electron chi connectivity index (χ3n) is 6.80. The van der Waals surface area contributed by atoms with Gasteiger partial charge in [-0.3, -0.25) is 0 Å². The van der Waals surface area contributed by atoms with E-state index in [4.69, 9.17) is 4.42 Å². The number of benzene rings is 3. The predicted octanol–water partition coefficient (Wildman–Crippen LogP) is 6.35. The van der Waals surface area contributed by atoms with Crippen molar-refractivity contribution in [3.63, 3.8) is 0 Å². The minimum absolute atomic E-state index is 0. The second-order valence-corrected chi connectivity index (χ2v) is 8.70. The van der Waals surface area contributed by atoms with Crippen LogP contribution in [0.15, 0.2) is 69.9 Å². The molecule has 1 aliphatic heterocycles. The van der Waals surface area contributed by atoms with Crippen molar-refractivity contribution in [1.82, 2.24) is 9.47 Å². The molecule has 3 aromatic carbocycles. The summed E-state index contributed by atoms with van der Waals surface area (Å²) in [6.07, 6.45) is 5.07. The average molecular weight is 447 g/mol. The lowest BCUT2D eigenvalue weighted by Crippen LogP contribution is -2.31. The van der Waals surface area contributed by atoms with Gasteiger partial charge in [0.25, 0.3) is 0 Å². The number of rotatable bonds is 4. The van der Waals surface area contributed by atoms with Crippen molar-refractivity contribution >= 4 is 56.0 Å². The van der Waals surface area contributed by atoms with Crippen LogP contribution in [0.4, 0.5) is 0 Å². The number of hydrogen-bond donors (Lipinski definition) is 0. The molecule has 6 rings (SSSR count). The van der Waals surface area contributed by atoms with Gasteiger partial charge in [0.15, 0.2) is 5.58 Å². The Balaban J connectivity index is 0.00000216. The zero-order chi connectivity index (χ0) is 20.8. The third-order valence-corrected chi connectivity index (χ3v) is 6.80. The smallest absolute Gasteiger partial charge is 0.344 e. The number of fused-ring (bicyclic) bond motifs is 7. The predicted molar refractivity (Wildman–Crippen MR) is 135 cm³/mol. The molecule has 4 nitrogen and oxygen atoms in total. The number of aromatic nitrogens is 1. The Morgan fingerprint density at radius 2 is 1.44 bits per heavy atom. The molecule has 3 heterocycles. The Labute approximate surface area is 192 Å². The summed E-state index contributed by atoms with van der Waals surface area (Å²) in [5.41, 5.74) is 2.66. The maximum absolute atomic E-state index is 12.7. The van der Waals surface area contributed by atoms with Gasteiger partial charge >= 0.3 is 5.63 Å². The van der Waals surface area contributed by atoms with E-state index >= 15 is 0 Å². The molecule has 0 N–H and O–H groups in total. The molecular weight excluding hydrogens is 420 g/mol. The standard InChI is InChI=1S/C27H26N2O2.ClH/c30-27-22-12-5-4-11-21(22)25-26(31-27)23-14-13-19-9-2-3-10-20(19)24(23)29(25)18-8-17-28-15-6-1-7-16-28;/h2-5,9-14H,1,6-8,15-18H2;1H. The summed E-state index contributed by atoms with van der Waals surface area (Å²) >= 11 is 0. The highest BCUT2D eigenvalue weighted by molar-refractivity contribution is 6.20. The zero-order valence-corrected chi connectivity index (χ0v) is 18.9. The maximum atomic E-state index is 12.7. The van der Waals surface area contributed by atoms with Gasteiger partial charge in [0.2, 0.25) is 0 Å². The Morgan fingerprint density at radius 1 is 0.719 bits per heavy atom. The third kappa shape index (κ3) is 3.39. The first-order valence-electron chi connectivity index (χ1n) is 11.4. The quantitative estimate of drug-likeness (QED) is 0.322. The lowest BCUT2D eigenvalue weighted by Gasteiger charge is -2.26. The lowest BCUT2D eigenvalue weighted by molar-refractivity contribution is 0.223. The van der Waals surface area contributed by atoms with Crippen molar-refractivity contribution in [1.29, 1.82) is 0 Å². The summed E-state index contributed by atoms with van der Waals surface area (Å²) in [5, 5.41) is 5.07. The molecule has 1 aliphatic rings. The lowest BCUT2D eigenvalue weighted by atomic mass is 10.1. The van der Waals surface area contributed by atoms with Crippen LogP contribution in [0.3, 0.4) is 0 Å². The van der Waals surface area contributed by atoms with E-state index in [2.05, 4.69) is 51.9 Å². The van der Waals surface area contributed by atoms with E-state index in [1.54, 1.807) is 0 Å². The molecular formula is C27H27ClN2O2. The van der Waals surface area contributed by atoms with Crippen LogP contribution in [-0.4, -0.2) is 29.1 Å². The van der Waals surface area contributed by atoms with Gasteiger partial charge < -0.3 is 13.9 Å². The van der Waals surface area contributed by atoms with Gasteiger partial charge in [0.1, 0.15) is 0 Å². The molecule has 0 bridgehead atoms. The summed E-state index contributed by atoms with van der Waals surface area (Å²) < 4.78 is 8.33. The van der Waals surface area contributed by atoms with E-state index in [1.165, 1.54) is 48.6 Å². The number of nitrogens with zero attached hydrogens (tertiary/aromatic N) is 2. The summed E-state index contributed by atoms with van der Waals surface area (Å²) in [6, 6.07) is 20.6. The Morgan fingerprint density at radius 3 is 2.25 bits per heavy atom. The highest BCUT2D eigenvalue weighted by atomic mass is 35.5. The van der Waals surface area contributed by atoms with Crippen LogP contribution in [-0.2, 0) is 6.54 Å². The van der Waals surface area contributed by atoms with Gasteiger partial charge in [-0.1, -0.05) is 55.0 Å². The van der Waals surface area contributed by atoms with Crippen molar-refractivity contribution < 1.29 is 4.42 Å². The summed E-state index contributed by atoms with van der Waals surface area (Å²) in [4.78, 5) is 15.3. The second kappa shape index (κ2) is 8.61. The van der Waals surface area contributed by atoms with Crippen molar-refractivity contribution in [2.45, 2.75) is 32.2 Å². The van der Waals surface area contributed by atoms with Crippen LogP contribution in [0, 0.1) is 0 Å². The van der Waals surface area contributed by atoms with E-state index in [1.807, 2.05) is 18.2 Å². The fraction of sp³-hybridized carbons (Fsp3) is 0.296. The fourth-order valence-corrected chi connectivity index (χ4v) is 5.34. The first kappa shape index (κ1) is 21.0. The molecule has 0 aliphatic carbocycles. The summed E-state index contributed by atoms with van der Waals surface area (Å²) in [7, 11) is 0. The van der Waals surface area contributed by atoms with E-state index < -0.39 is 0 Å². The highest BCUT2D eigenvalue weighted by Gasteiger charge is 2.19. The van der Waals surface area contributed by atoms with Crippen molar-refractivity contribution in [2.75, 3.05) is 19.6 Å². The van der Waals surface area contributed by atoms with Gasteiger partial charge in [-0.2, -0.15) is 0 Å². The molecule has 164 valence electrons. The first-order chi connectivity index (χ1) is 15.3. The topological polar surface area (TPSA) is 38.4 Å². The number of piperidine rings is 1. The average Bonchev–Trinajstić information content (AvgIpc) is 3.14. The van der Waals surface area contributed by atoms with Crippen LogP contribution >= 0.6 is 12.4 Å². The van der Waals surface area contributed by atoms with E-state index in [9.17, 15) is 4.79 Å². The fourth-order valence-electron chi connectivity index (χ4n) is 5.34. The van der Waals surface area contributed by atoms with Gasteiger partial charge in [0, 0.05) is 22.7 Å². The minimum atomic E-state index is -0.261. The molecule has 1 saturated heterocycles. The highest BCUT2D eigenvalue weighted by Crippen LogP contribution is 2.36. The number of aryl methyl sites for hydroxylation is 1. The normalized spacial score (nSPS) is 15.0. The monoisotopic (exact) mass is 446 g/mol. The Hall–Kier alpha value is -2.82. The van der Waals surface area contributed by atoms with E-state index in [0.29, 0.717) is 11.0 Å².